The van der Waals surface area contributed by atoms with Gasteiger partial charge < -0.3 is 19.8 Å². The lowest BCUT2D eigenvalue weighted by molar-refractivity contribution is -0.143. The summed E-state index contributed by atoms with van der Waals surface area (Å²) in [7, 11) is 4.13. The summed E-state index contributed by atoms with van der Waals surface area (Å²) >= 11 is 2.35. The normalized spacial score (nSPS) is 12.6. The monoisotopic (exact) mass is 513 g/mol. The first kappa shape index (κ1) is 25.1. The molecule has 2 aromatic carbocycles. The number of ether oxygens (including phenoxy) is 1. The van der Waals surface area contributed by atoms with Gasteiger partial charge >= 0.3 is 11.9 Å². The number of nitrogens with zero attached hydrogens (tertiary/aromatic N) is 1. The molecule has 0 spiro atoms. The largest absolute Gasteiger partial charge is 0.481 e. The molecule has 0 aromatic heterocycles. The van der Waals surface area contributed by atoms with E-state index < -0.39 is 17.5 Å². The van der Waals surface area contributed by atoms with Crippen molar-refractivity contribution in [2.75, 3.05) is 27.2 Å². The lowest BCUT2D eigenvalue weighted by Crippen LogP contribution is -2.31. The molecule has 0 fully saturated rings. The number of benzene rings is 2. The second kappa shape index (κ2) is 12.6. The highest BCUT2D eigenvalue weighted by Crippen LogP contribution is 2.33. The summed E-state index contributed by atoms with van der Waals surface area (Å²) in [4.78, 5) is 21.4. The summed E-state index contributed by atoms with van der Waals surface area (Å²) in [6, 6.07) is 19.0. The van der Waals surface area contributed by atoms with Crippen LogP contribution in [0.15, 0.2) is 54.6 Å². The Morgan fingerprint density at radius 3 is 2.00 bits per heavy atom. The van der Waals surface area contributed by atoms with Crippen LogP contribution < -0.4 is 0 Å². The lowest BCUT2D eigenvalue weighted by Gasteiger charge is -2.32. The Bertz CT molecular complexity index is 768. The maximum absolute atomic E-state index is 9.64. The predicted molar refractivity (Wildman–Crippen MR) is 121 cm³/mol. The van der Waals surface area contributed by atoms with E-state index in [1.54, 1.807) is 0 Å². The first-order valence-electron chi connectivity index (χ1n) is 9.19. The zero-order valence-electron chi connectivity index (χ0n) is 17.0. The average Bonchev–Trinajstić information content (AvgIpc) is 2.67. The van der Waals surface area contributed by atoms with E-state index in [-0.39, 0.29) is 12.8 Å². The Morgan fingerprint density at radius 1 is 0.966 bits per heavy atom. The van der Waals surface area contributed by atoms with Crippen molar-refractivity contribution in [1.29, 1.82) is 0 Å². The van der Waals surface area contributed by atoms with Crippen molar-refractivity contribution in [3.63, 3.8) is 0 Å². The van der Waals surface area contributed by atoms with E-state index >= 15 is 0 Å². The number of aliphatic carboxylic acids is 2. The number of halogens is 1. The van der Waals surface area contributed by atoms with Crippen molar-refractivity contribution < 1.29 is 24.5 Å². The van der Waals surface area contributed by atoms with Gasteiger partial charge in [-0.2, -0.15) is 0 Å². The average molecular weight is 513 g/mol. The molecule has 0 saturated heterocycles. The summed E-state index contributed by atoms with van der Waals surface area (Å²) < 4.78 is 7.55. The molecule has 0 aliphatic rings. The molecule has 0 saturated carbocycles. The minimum absolute atomic E-state index is 0.296. The van der Waals surface area contributed by atoms with Crippen LogP contribution in [0.2, 0.25) is 0 Å². The molecule has 0 aliphatic carbocycles. The third-order valence-corrected chi connectivity index (χ3v) is 4.85. The minimum atomic E-state index is -1.08. The molecule has 2 rings (SSSR count). The maximum Gasteiger partial charge on any atom is 0.303 e. The van der Waals surface area contributed by atoms with E-state index in [1.165, 1.54) is 14.7 Å². The van der Waals surface area contributed by atoms with Gasteiger partial charge in [0.2, 0.25) is 0 Å². The van der Waals surface area contributed by atoms with Crippen LogP contribution in [-0.4, -0.2) is 54.3 Å². The van der Waals surface area contributed by atoms with Crippen LogP contribution in [-0.2, 0) is 19.9 Å². The minimum Gasteiger partial charge on any atom is -0.481 e. The van der Waals surface area contributed by atoms with Crippen LogP contribution in [0.1, 0.15) is 30.9 Å². The third-order valence-electron chi connectivity index (χ3n) is 4.18. The van der Waals surface area contributed by atoms with Crippen LogP contribution in [0, 0.1) is 3.57 Å². The Kier molecular flexibility index (Phi) is 10.9. The number of likely N-dealkylation sites (N-methyl/N-ethyl adjacent to an activating group) is 1. The molecule has 2 N–H and O–H groups in total. The molecule has 158 valence electrons. The van der Waals surface area contributed by atoms with E-state index in [1.807, 2.05) is 6.07 Å². The zero-order valence-corrected chi connectivity index (χ0v) is 19.1. The number of carbonyl (C=O) groups is 2. The third kappa shape index (κ3) is 9.38. The predicted octanol–water partition coefficient (Wildman–Crippen LogP) is 4.07. The van der Waals surface area contributed by atoms with Gasteiger partial charge in [0.15, 0.2) is 0 Å². The second-order valence-corrected chi connectivity index (χ2v) is 8.09. The fourth-order valence-electron chi connectivity index (χ4n) is 2.52. The second-order valence-electron chi connectivity index (χ2n) is 6.85. The van der Waals surface area contributed by atoms with E-state index in [4.69, 9.17) is 14.9 Å². The van der Waals surface area contributed by atoms with Gasteiger partial charge in [-0.15, -0.1) is 0 Å². The van der Waals surface area contributed by atoms with Gasteiger partial charge in [0.25, 0.3) is 0 Å². The van der Waals surface area contributed by atoms with Gasteiger partial charge in [-0.25, -0.2) is 0 Å². The van der Waals surface area contributed by atoms with E-state index in [2.05, 4.69) is 97.0 Å². The molecule has 29 heavy (non-hydrogen) atoms. The van der Waals surface area contributed by atoms with Crippen LogP contribution >= 0.6 is 22.6 Å². The Balaban J connectivity index is 0.000000447. The van der Waals surface area contributed by atoms with Crippen LogP contribution in [0.5, 0.6) is 0 Å². The van der Waals surface area contributed by atoms with Crippen molar-refractivity contribution in [3.05, 3.63) is 69.3 Å². The smallest absolute Gasteiger partial charge is 0.303 e. The summed E-state index contributed by atoms with van der Waals surface area (Å²) in [5.41, 5.74) is 1.96. The Morgan fingerprint density at radius 2 is 1.52 bits per heavy atom. The highest BCUT2D eigenvalue weighted by molar-refractivity contribution is 14.1. The molecule has 0 radical (unpaired) electrons. The van der Waals surface area contributed by atoms with E-state index in [0.29, 0.717) is 6.61 Å². The van der Waals surface area contributed by atoms with Gasteiger partial charge in [-0.3, -0.25) is 9.59 Å². The van der Waals surface area contributed by atoms with Crippen LogP contribution in [0.25, 0.3) is 0 Å². The Hall–Kier alpha value is -1.97. The Labute approximate surface area is 185 Å². The topological polar surface area (TPSA) is 87.1 Å². The summed E-state index contributed by atoms with van der Waals surface area (Å²) in [5.74, 6) is -2.15. The number of rotatable bonds is 9. The van der Waals surface area contributed by atoms with Crippen molar-refractivity contribution in [2.24, 2.45) is 0 Å². The highest BCUT2D eigenvalue weighted by Gasteiger charge is 2.29. The fourth-order valence-corrected chi connectivity index (χ4v) is 3.06. The number of carboxylic acids is 2. The van der Waals surface area contributed by atoms with Gasteiger partial charge in [0.1, 0.15) is 5.60 Å². The molecule has 0 amide bonds. The van der Waals surface area contributed by atoms with Crippen molar-refractivity contribution >= 4 is 34.5 Å². The lowest BCUT2D eigenvalue weighted by atomic mass is 9.88. The number of carboxylic acid groups (broad SMARTS) is 2. The molecular weight excluding hydrogens is 485 g/mol. The quantitative estimate of drug-likeness (QED) is 0.492. The molecule has 1 atom stereocenters. The SMILES string of the molecule is CN(C)CCOC(C)(c1ccccc1)c1cccc(I)c1.O=C(O)CCC(=O)O. The first-order chi connectivity index (χ1) is 13.6. The molecule has 0 aliphatic heterocycles. The van der Waals surface area contributed by atoms with Gasteiger partial charge in [-0.05, 0) is 66.9 Å². The van der Waals surface area contributed by atoms with Crippen molar-refractivity contribution in [2.45, 2.75) is 25.4 Å². The number of hydrogen-bond acceptors (Lipinski definition) is 4. The first-order valence-corrected chi connectivity index (χ1v) is 10.3. The van der Waals surface area contributed by atoms with Crippen molar-refractivity contribution in [3.8, 4) is 0 Å². The molecule has 0 bridgehead atoms. The fraction of sp³-hybridized carbons (Fsp3) is 0.364. The van der Waals surface area contributed by atoms with Gasteiger partial charge in [0, 0.05) is 10.1 Å². The number of hydrogen-bond donors (Lipinski definition) is 2. The molecule has 0 heterocycles. The van der Waals surface area contributed by atoms with Crippen molar-refractivity contribution in [1.82, 2.24) is 4.90 Å². The van der Waals surface area contributed by atoms with Gasteiger partial charge in [-0.1, -0.05) is 42.5 Å². The molecule has 1 unspecified atom stereocenters. The summed E-state index contributed by atoms with van der Waals surface area (Å²) in [6.45, 7) is 3.76. The van der Waals surface area contributed by atoms with Crippen LogP contribution in [0.4, 0.5) is 0 Å². The molecule has 2 aromatic rings. The summed E-state index contributed by atoms with van der Waals surface area (Å²) in [5, 5.41) is 15.8. The standard InChI is InChI=1S/C18H22INO.C4H6O4/c1-18(21-13-12-20(2)3,15-8-5-4-6-9-15)16-10-7-11-17(19)14-16;5-3(6)1-2-4(7)8/h4-11,14H,12-13H2,1-3H3;1-2H2,(H,5,6)(H,7,8). The van der Waals surface area contributed by atoms with Crippen LogP contribution in [0.3, 0.4) is 0 Å². The molecular formula is C22H28INO5. The van der Waals surface area contributed by atoms with E-state index in [9.17, 15) is 9.59 Å². The molecule has 7 heteroatoms. The maximum atomic E-state index is 9.64. The zero-order chi connectivity index (χ0) is 21.9. The highest BCUT2D eigenvalue weighted by atomic mass is 127. The van der Waals surface area contributed by atoms with Gasteiger partial charge in [0.05, 0.1) is 19.4 Å². The van der Waals surface area contributed by atoms with E-state index in [0.717, 1.165) is 6.54 Å². The molecule has 6 nitrogen and oxygen atoms in total. The summed E-state index contributed by atoms with van der Waals surface area (Å²) in [6.07, 6.45) is -0.593.